The number of hydrogen-bond donors (Lipinski definition) is 1. The van der Waals surface area contributed by atoms with Gasteiger partial charge in [-0.1, -0.05) is 13.8 Å². The Morgan fingerprint density at radius 2 is 2.00 bits per heavy atom. The van der Waals surface area contributed by atoms with Crippen LogP contribution in [0.25, 0.3) is 0 Å². The molecule has 1 unspecified atom stereocenters. The Labute approximate surface area is 102 Å². The average Bonchev–Trinajstić information content (AvgIpc) is 2.24. The first-order chi connectivity index (χ1) is 7.49. The normalized spacial score (nSPS) is 15.8. The van der Waals surface area contributed by atoms with Gasteiger partial charge < -0.3 is 10.1 Å². The summed E-state index contributed by atoms with van der Waals surface area (Å²) >= 11 is 0. The molecule has 0 aromatic rings. The van der Waals surface area contributed by atoms with Gasteiger partial charge in [-0.2, -0.15) is 0 Å². The minimum atomic E-state index is 0.354. The number of nitrogens with zero attached hydrogens (tertiary/aromatic N) is 1. The van der Waals surface area contributed by atoms with Gasteiger partial charge in [-0.15, -0.1) is 0 Å². The summed E-state index contributed by atoms with van der Waals surface area (Å²) in [6, 6.07) is 0.581. The Bertz CT molecular complexity index is 173. The highest BCUT2D eigenvalue weighted by Gasteiger charge is 2.25. The molecule has 0 spiro atoms. The Hall–Kier alpha value is -0.120. The van der Waals surface area contributed by atoms with E-state index in [2.05, 4.69) is 37.9 Å². The van der Waals surface area contributed by atoms with Gasteiger partial charge in [0.2, 0.25) is 0 Å². The maximum absolute atomic E-state index is 5.17. The van der Waals surface area contributed by atoms with Crippen LogP contribution in [0.4, 0.5) is 0 Å². The van der Waals surface area contributed by atoms with E-state index in [-0.39, 0.29) is 0 Å². The molecule has 0 bridgehead atoms. The van der Waals surface area contributed by atoms with E-state index in [4.69, 9.17) is 4.74 Å². The lowest BCUT2D eigenvalue weighted by Gasteiger charge is -2.37. The molecule has 0 aliphatic carbocycles. The fraction of sp³-hybridized carbons (Fsp3) is 1.00. The van der Waals surface area contributed by atoms with Gasteiger partial charge in [0, 0.05) is 32.8 Å². The predicted octanol–water partition coefficient (Wildman–Crippen LogP) is 1.98. The Kier molecular flexibility index (Phi) is 7.98. The highest BCUT2D eigenvalue weighted by molar-refractivity contribution is 4.80. The monoisotopic (exact) mass is 230 g/mol. The number of nitrogens with one attached hydrogen (secondary N) is 1. The molecule has 98 valence electrons. The van der Waals surface area contributed by atoms with Crippen LogP contribution < -0.4 is 5.32 Å². The third-order valence-corrected chi connectivity index (χ3v) is 3.35. The second kappa shape index (κ2) is 8.04. The summed E-state index contributed by atoms with van der Waals surface area (Å²) in [7, 11) is 3.80. The van der Waals surface area contributed by atoms with Crippen molar-refractivity contribution in [2.45, 2.75) is 40.2 Å². The minimum absolute atomic E-state index is 0.354. The molecular formula is C13H30N2O. The van der Waals surface area contributed by atoms with Crippen molar-refractivity contribution in [2.24, 2.45) is 5.41 Å². The van der Waals surface area contributed by atoms with E-state index in [1.807, 2.05) is 7.05 Å². The fourth-order valence-corrected chi connectivity index (χ4v) is 1.94. The maximum Gasteiger partial charge on any atom is 0.0589 e. The largest absolute Gasteiger partial charge is 0.383 e. The van der Waals surface area contributed by atoms with Crippen LogP contribution >= 0.6 is 0 Å². The van der Waals surface area contributed by atoms with E-state index in [9.17, 15) is 0 Å². The zero-order chi connectivity index (χ0) is 12.6. The summed E-state index contributed by atoms with van der Waals surface area (Å²) in [4.78, 5) is 2.50. The zero-order valence-electron chi connectivity index (χ0n) is 12.0. The second-order valence-corrected chi connectivity index (χ2v) is 5.25. The predicted molar refractivity (Wildman–Crippen MR) is 70.9 cm³/mol. The summed E-state index contributed by atoms with van der Waals surface area (Å²) in [6.07, 6.45) is 1.20. The quantitative estimate of drug-likeness (QED) is 0.655. The molecule has 0 rings (SSSR count). The first kappa shape index (κ1) is 15.9. The molecule has 0 aliphatic heterocycles. The summed E-state index contributed by atoms with van der Waals surface area (Å²) in [5.74, 6) is 0. The summed E-state index contributed by atoms with van der Waals surface area (Å²) in [5, 5.41) is 3.30. The van der Waals surface area contributed by atoms with E-state index in [0.29, 0.717) is 11.5 Å². The van der Waals surface area contributed by atoms with Crippen LogP contribution in [-0.4, -0.2) is 51.3 Å². The van der Waals surface area contributed by atoms with Crippen LogP contribution in [0.5, 0.6) is 0 Å². The standard InChI is InChI=1S/C13H30N2O/c1-7-13(4,10-14-5)11-15(12(2)3)8-9-16-6/h12,14H,7-11H2,1-6H3. The molecule has 16 heavy (non-hydrogen) atoms. The van der Waals surface area contributed by atoms with Crippen molar-refractivity contribution in [2.75, 3.05) is 40.4 Å². The van der Waals surface area contributed by atoms with Crippen LogP contribution in [0, 0.1) is 5.41 Å². The van der Waals surface area contributed by atoms with E-state index in [1.54, 1.807) is 7.11 Å². The maximum atomic E-state index is 5.17. The number of ether oxygens (including phenoxy) is 1. The number of rotatable bonds is 9. The Morgan fingerprint density at radius 3 is 2.38 bits per heavy atom. The summed E-state index contributed by atoms with van der Waals surface area (Å²) < 4.78 is 5.17. The lowest BCUT2D eigenvalue weighted by molar-refractivity contribution is 0.0886. The van der Waals surface area contributed by atoms with E-state index >= 15 is 0 Å². The van der Waals surface area contributed by atoms with Crippen LogP contribution in [0.15, 0.2) is 0 Å². The van der Waals surface area contributed by atoms with Crippen molar-refractivity contribution in [1.82, 2.24) is 10.2 Å². The van der Waals surface area contributed by atoms with Crippen LogP contribution in [0.3, 0.4) is 0 Å². The fourth-order valence-electron chi connectivity index (χ4n) is 1.94. The van der Waals surface area contributed by atoms with Crippen molar-refractivity contribution in [3.05, 3.63) is 0 Å². The molecular weight excluding hydrogens is 200 g/mol. The Morgan fingerprint density at radius 1 is 1.38 bits per heavy atom. The smallest absolute Gasteiger partial charge is 0.0589 e. The highest BCUT2D eigenvalue weighted by atomic mass is 16.5. The van der Waals surface area contributed by atoms with Gasteiger partial charge in [0.05, 0.1) is 6.61 Å². The minimum Gasteiger partial charge on any atom is -0.383 e. The molecule has 0 saturated heterocycles. The first-order valence-corrected chi connectivity index (χ1v) is 6.36. The molecule has 1 atom stereocenters. The molecule has 0 saturated carbocycles. The van der Waals surface area contributed by atoms with Crippen molar-refractivity contribution >= 4 is 0 Å². The first-order valence-electron chi connectivity index (χ1n) is 6.36. The van der Waals surface area contributed by atoms with Crippen molar-refractivity contribution < 1.29 is 4.74 Å². The van der Waals surface area contributed by atoms with Gasteiger partial charge >= 0.3 is 0 Å². The van der Waals surface area contributed by atoms with E-state index in [0.717, 1.165) is 26.2 Å². The molecule has 0 aromatic heterocycles. The topological polar surface area (TPSA) is 24.5 Å². The van der Waals surface area contributed by atoms with Crippen LogP contribution in [0.2, 0.25) is 0 Å². The third kappa shape index (κ3) is 5.83. The SMILES string of the molecule is CCC(C)(CNC)CN(CCOC)C(C)C. The lowest BCUT2D eigenvalue weighted by Crippen LogP contribution is -2.45. The van der Waals surface area contributed by atoms with Crippen molar-refractivity contribution in [3.8, 4) is 0 Å². The van der Waals surface area contributed by atoms with Gasteiger partial charge in [0.25, 0.3) is 0 Å². The molecule has 3 heteroatoms. The van der Waals surface area contributed by atoms with Gasteiger partial charge in [0.1, 0.15) is 0 Å². The van der Waals surface area contributed by atoms with E-state index < -0.39 is 0 Å². The van der Waals surface area contributed by atoms with E-state index in [1.165, 1.54) is 6.42 Å². The van der Waals surface area contributed by atoms with Gasteiger partial charge in [-0.25, -0.2) is 0 Å². The van der Waals surface area contributed by atoms with Gasteiger partial charge in [0.15, 0.2) is 0 Å². The van der Waals surface area contributed by atoms with Crippen LogP contribution in [-0.2, 0) is 4.74 Å². The Balaban J connectivity index is 4.33. The molecule has 0 radical (unpaired) electrons. The van der Waals surface area contributed by atoms with Crippen LogP contribution in [0.1, 0.15) is 34.1 Å². The lowest BCUT2D eigenvalue weighted by atomic mass is 9.86. The molecule has 0 aliphatic rings. The number of methoxy groups -OCH3 is 1. The average molecular weight is 230 g/mol. The molecule has 0 aromatic carbocycles. The molecule has 0 fully saturated rings. The molecule has 0 amide bonds. The number of hydrogen-bond acceptors (Lipinski definition) is 3. The zero-order valence-corrected chi connectivity index (χ0v) is 12.0. The molecule has 1 N–H and O–H groups in total. The highest BCUT2D eigenvalue weighted by Crippen LogP contribution is 2.22. The van der Waals surface area contributed by atoms with Crippen molar-refractivity contribution in [1.29, 1.82) is 0 Å². The molecule has 0 heterocycles. The summed E-state index contributed by atoms with van der Waals surface area (Å²) in [6.45, 7) is 13.2. The summed E-state index contributed by atoms with van der Waals surface area (Å²) in [5.41, 5.74) is 0.354. The van der Waals surface area contributed by atoms with Gasteiger partial charge in [-0.3, -0.25) is 4.90 Å². The third-order valence-electron chi connectivity index (χ3n) is 3.35. The van der Waals surface area contributed by atoms with Gasteiger partial charge in [-0.05, 0) is 32.7 Å². The van der Waals surface area contributed by atoms with Crippen molar-refractivity contribution in [3.63, 3.8) is 0 Å². The second-order valence-electron chi connectivity index (χ2n) is 5.25. The molecule has 3 nitrogen and oxygen atoms in total.